The van der Waals surface area contributed by atoms with Gasteiger partial charge < -0.3 is 4.74 Å². The summed E-state index contributed by atoms with van der Waals surface area (Å²) in [6, 6.07) is 7.01. The summed E-state index contributed by atoms with van der Waals surface area (Å²) in [7, 11) is 0. The van der Waals surface area contributed by atoms with Gasteiger partial charge in [0.1, 0.15) is 5.75 Å². The summed E-state index contributed by atoms with van der Waals surface area (Å²) in [6.45, 7) is -0.000649. The second-order valence-corrected chi connectivity index (χ2v) is 6.45. The van der Waals surface area contributed by atoms with Crippen LogP contribution in [0.3, 0.4) is 0 Å². The van der Waals surface area contributed by atoms with Crippen molar-refractivity contribution in [3.05, 3.63) is 48.5 Å². The molecule has 1 heterocycles. The minimum atomic E-state index is -0.0567. The minimum Gasteiger partial charge on any atom is -0.484 e. The van der Waals surface area contributed by atoms with Gasteiger partial charge in [-0.25, -0.2) is 0 Å². The molecule has 0 fully saturated rings. The van der Waals surface area contributed by atoms with Crippen molar-refractivity contribution in [1.82, 2.24) is 0 Å². The molecule has 0 atom stereocenters. The van der Waals surface area contributed by atoms with Crippen LogP contribution in [0.5, 0.6) is 5.75 Å². The quantitative estimate of drug-likeness (QED) is 0.649. The molecule has 1 aromatic heterocycles. The SMILES string of the molecule is O=C(COc1ccc(Cl)cc1Br)c1sccc1Br. The molecule has 0 amide bonds. The molecule has 6 heteroatoms. The average molecular weight is 411 g/mol. The summed E-state index contributed by atoms with van der Waals surface area (Å²) in [5.74, 6) is 0.541. The predicted octanol–water partition coefficient (Wildman–Crippen LogP) is 5.19. The Morgan fingerprint density at radius 3 is 2.67 bits per heavy atom. The van der Waals surface area contributed by atoms with E-state index in [-0.39, 0.29) is 12.4 Å². The number of carbonyl (C=O) groups excluding carboxylic acids is 1. The molecule has 18 heavy (non-hydrogen) atoms. The Morgan fingerprint density at radius 1 is 1.28 bits per heavy atom. The van der Waals surface area contributed by atoms with Gasteiger partial charge in [0.15, 0.2) is 6.61 Å². The van der Waals surface area contributed by atoms with Crippen molar-refractivity contribution in [3.8, 4) is 5.75 Å². The Balaban J connectivity index is 2.04. The Kier molecular flexibility index (Phi) is 4.84. The van der Waals surface area contributed by atoms with E-state index in [1.807, 2.05) is 11.4 Å². The normalized spacial score (nSPS) is 10.4. The van der Waals surface area contributed by atoms with E-state index in [4.69, 9.17) is 16.3 Å². The Bertz CT molecular complexity index is 583. The molecule has 0 aliphatic rings. The number of hydrogen-bond acceptors (Lipinski definition) is 3. The number of ketones is 1. The van der Waals surface area contributed by atoms with Crippen LogP contribution in [-0.2, 0) is 0 Å². The molecule has 2 rings (SSSR count). The predicted molar refractivity (Wildman–Crippen MR) is 81.0 cm³/mol. The molecule has 2 nitrogen and oxygen atoms in total. The molecule has 0 unspecified atom stereocenters. The van der Waals surface area contributed by atoms with Gasteiger partial charge in [-0.3, -0.25) is 4.79 Å². The second kappa shape index (κ2) is 6.19. The van der Waals surface area contributed by atoms with Gasteiger partial charge in [-0.05, 0) is 61.5 Å². The molecule has 0 radical (unpaired) electrons. The molecule has 0 saturated heterocycles. The number of thiophene rings is 1. The number of benzene rings is 1. The maximum absolute atomic E-state index is 11.9. The van der Waals surface area contributed by atoms with E-state index in [0.29, 0.717) is 15.6 Å². The molecule has 0 N–H and O–H groups in total. The van der Waals surface area contributed by atoms with E-state index < -0.39 is 0 Å². The highest BCUT2D eigenvalue weighted by molar-refractivity contribution is 9.11. The van der Waals surface area contributed by atoms with Gasteiger partial charge in [0, 0.05) is 9.50 Å². The van der Waals surface area contributed by atoms with Crippen LogP contribution in [0.4, 0.5) is 0 Å². The van der Waals surface area contributed by atoms with E-state index in [0.717, 1.165) is 8.95 Å². The fourth-order valence-corrected chi connectivity index (χ4v) is 3.61. The molecule has 0 aliphatic carbocycles. The summed E-state index contributed by atoms with van der Waals surface area (Å²) in [6.07, 6.45) is 0. The molecule has 0 aliphatic heterocycles. The molecule has 94 valence electrons. The van der Waals surface area contributed by atoms with Crippen molar-refractivity contribution >= 4 is 60.6 Å². The smallest absolute Gasteiger partial charge is 0.211 e. The molecular weight excluding hydrogens is 403 g/mol. The molecule has 0 spiro atoms. The number of Topliss-reactive ketones (excluding diaryl/α,β-unsaturated/α-hetero) is 1. The molecule has 0 saturated carbocycles. The standard InChI is InChI=1S/C12H7Br2ClO2S/c13-8-3-4-18-12(8)10(16)6-17-11-2-1-7(15)5-9(11)14/h1-5H,6H2. The van der Waals surface area contributed by atoms with Crippen LogP contribution in [-0.4, -0.2) is 12.4 Å². The molecule has 2 aromatic rings. The zero-order valence-corrected chi connectivity index (χ0v) is 13.7. The van der Waals surface area contributed by atoms with Crippen LogP contribution in [0.1, 0.15) is 9.67 Å². The van der Waals surface area contributed by atoms with E-state index in [9.17, 15) is 4.79 Å². The lowest BCUT2D eigenvalue weighted by Crippen LogP contribution is -2.10. The number of hydrogen-bond donors (Lipinski definition) is 0. The maximum Gasteiger partial charge on any atom is 0.211 e. The van der Waals surface area contributed by atoms with Gasteiger partial charge in [-0.1, -0.05) is 11.6 Å². The van der Waals surface area contributed by atoms with Crippen molar-refractivity contribution in [2.75, 3.05) is 6.61 Å². The molecule has 1 aromatic carbocycles. The topological polar surface area (TPSA) is 26.3 Å². The summed E-state index contributed by atoms with van der Waals surface area (Å²) >= 11 is 13.9. The number of halogens is 3. The lowest BCUT2D eigenvalue weighted by molar-refractivity contribution is 0.0924. The third-order valence-electron chi connectivity index (χ3n) is 2.12. The van der Waals surface area contributed by atoms with Crippen molar-refractivity contribution < 1.29 is 9.53 Å². The van der Waals surface area contributed by atoms with Crippen LogP contribution >= 0.6 is 54.8 Å². The van der Waals surface area contributed by atoms with Gasteiger partial charge in [0.2, 0.25) is 5.78 Å². The highest BCUT2D eigenvalue weighted by atomic mass is 79.9. The molecule has 0 bridgehead atoms. The van der Waals surface area contributed by atoms with E-state index >= 15 is 0 Å². The summed E-state index contributed by atoms with van der Waals surface area (Å²) in [4.78, 5) is 12.6. The fraction of sp³-hybridized carbons (Fsp3) is 0.0833. The van der Waals surface area contributed by atoms with Crippen molar-refractivity contribution in [1.29, 1.82) is 0 Å². The number of rotatable bonds is 4. The van der Waals surface area contributed by atoms with Crippen LogP contribution in [0, 0.1) is 0 Å². The zero-order chi connectivity index (χ0) is 13.1. The largest absolute Gasteiger partial charge is 0.484 e. The van der Waals surface area contributed by atoms with Gasteiger partial charge >= 0.3 is 0 Å². The summed E-state index contributed by atoms with van der Waals surface area (Å²) in [5.41, 5.74) is 0. The second-order valence-electron chi connectivity index (χ2n) is 3.38. The minimum absolute atomic E-state index is 0.000649. The van der Waals surface area contributed by atoms with Gasteiger partial charge in [0.25, 0.3) is 0 Å². The third kappa shape index (κ3) is 3.35. The van der Waals surface area contributed by atoms with Crippen LogP contribution < -0.4 is 4.74 Å². The van der Waals surface area contributed by atoms with Crippen molar-refractivity contribution in [3.63, 3.8) is 0 Å². The first-order chi connectivity index (χ1) is 8.58. The summed E-state index contributed by atoms with van der Waals surface area (Å²) < 4.78 is 6.99. The Hall–Kier alpha value is -0.360. The lowest BCUT2D eigenvalue weighted by Gasteiger charge is -2.07. The van der Waals surface area contributed by atoms with Crippen LogP contribution in [0.25, 0.3) is 0 Å². The summed E-state index contributed by atoms with van der Waals surface area (Å²) in [5, 5.41) is 2.47. The van der Waals surface area contributed by atoms with Gasteiger partial charge in [-0.15, -0.1) is 11.3 Å². The highest BCUT2D eigenvalue weighted by Crippen LogP contribution is 2.29. The monoisotopic (exact) mass is 408 g/mol. The van der Waals surface area contributed by atoms with Crippen LogP contribution in [0.15, 0.2) is 38.6 Å². The Morgan fingerprint density at radius 2 is 2.06 bits per heavy atom. The first-order valence-electron chi connectivity index (χ1n) is 4.92. The first-order valence-corrected chi connectivity index (χ1v) is 7.76. The first kappa shape index (κ1) is 14.1. The molecular formula is C12H7Br2ClO2S. The average Bonchev–Trinajstić information content (AvgIpc) is 2.74. The number of carbonyl (C=O) groups is 1. The zero-order valence-electron chi connectivity index (χ0n) is 8.95. The maximum atomic E-state index is 11.9. The third-order valence-corrected chi connectivity index (χ3v) is 4.86. The van der Waals surface area contributed by atoms with E-state index in [2.05, 4.69) is 31.9 Å². The van der Waals surface area contributed by atoms with E-state index in [1.54, 1.807) is 18.2 Å². The lowest BCUT2D eigenvalue weighted by atomic mass is 10.3. The van der Waals surface area contributed by atoms with Gasteiger partial charge in [-0.2, -0.15) is 0 Å². The highest BCUT2D eigenvalue weighted by Gasteiger charge is 2.13. The fourth-order valence-electron chi connectivity index (χ4n) is 1.29. The van der Waals surface area contributed by atoms with E-state index in [1.165, 1.54) is 11.3 Å². The van der Waals surface area contributed by atoms with Crippen LogP contribution in [0.2, 0.25) is 5.02 Å². The Labute approximate surface area is 130 Å². The van der Waals surface area contributed by atoms with Crippen molar-refractivity contribution in [2.45, 2.75) is 0 Å². The van der Waals surface area contributed by atoms with Gasteiger partial charge in [0.05, 0.1) is 9.35 Å². The van der Waals surface area contributed by atoms with Crippen molar-refractivity contribution in [2.24, 2.45) is 0 Å². The number of ether oxygens (including phenoxy) is 1.